The van der Waals surface area contributed by atoms with Crippen molar-refractivity contribution in [2.45, 2.75) is 38.6 Å². The Labute approximate surface area is 92.1 Å². The Hall–Kier alpha value is -0.500. The van der Waals surface area contributed by atoms with Gasteiger partial charge in [0, 0.05) is 6.42 Å². The lowest BCUT2D eigenvalue weighted by molar-refractivity contribution is 0.190. The number of nitrogens with one attached hydrogen (secondary N) is 1. The van der Waals surface area contributed by atoms with Crippen LogP contribution in [0.15, 0.2) is 11.8 Å². The standard InChI is InChI=1S/C13H21NO/c1-2-14-13(12-4-3-5-15-12)11-7-9-6-10(9)8-11/h4,9-11,13-14H,2-3,5-8H2,1H3. The summed E-state index contributed by atoms with van der Waals surface area (Å²) in [5, 5.41) is 3.61. The van der Waals surface area contributed by atoms with Gasteiger partial charge in [0.05, 0.1) is 12.6 Å². The highest BCUT2D eigenvalue weighted by Gasteiger charge is 2.48. The maximum atomic E-state index is 5.73. The van der Waals surface area contributed by atoms with Gasteiger partial charge in [0.15, 0.2) is 0 Å². The molecule has 0 amide bonds. The molecule has 0 aromatic carbocycles. The Morgan fingerprint density at radius 2 is 2.20 bits per heavy atom. The zero-order chi connectivity index (χ0) is 10.3. The van der Waals surface area contributed by atoms with Gasteiger partial charge in [-0.25, -0.2) is 0 Å². The third-order valence-corrected chi connectivity index (χ3v) is 4.21. The van der Waals surface area contributed by atoms with E-state index in [1.807, 2.05) is 0 Å². The van der Waals surface area contributed by atoms with E-state index >= 15 is 0 Å². The summed E-state index contributed by atoms with van der Waals surface area (Å²) in [7, 11) is 0. The highest BCUT2D eigenvalue weighted by atomic mass is 16.5. The van der Waals surface area contributed by atoms with Crippen LogP contribution in [0.25, 0.3) is 0 Å². The molecule has 1 aliphatic heterocycles. The fraction of sp³-hybridized carbons (Fsp3) is 0.846. The van der Waals surface area contributed by atoms with E-state index < -0.39 is 0 Å². The summed E-state index contributed by atoms with van der Waals surface area (Å²) < 4.78 is 5.73. The molecule has 3 atom stereocenters. The van der Waals surface area contributed by atoms with E-state index in [1.165, 1.54) is 25.0 Å². The molecule has 2 nitrogen and oxygen atoms in total. The van der Waals surface area contributed by atoms with Crippen LogP contribution in [0, 0.1) is 17.8 Å². The number of hydrogen-bond donors (Lipinski definition) is 1. The summed E-state index contributed by atoms with van der Waals surface area (Å²) in [6.07, 6.45) is 7.77. The van der Waals surface area contributed by atoms with Crippen LogP contribution in [0.4, 0.5) is 0 Å². The van der Waals surface area contributed by atoms with E-state index in [0.717, 1.165) is 37.3 Å². The molecule has 1 heterocycles. The first-order valence-corrected chi connectivity index (χ1v) is 6.44. The van der Waals surface area contributed by atoms with Crippen LogP contribution in [0.1, 0.15) is 32.6 Å². The van der Waals surface area contributed by atoms with Gasteiger partial charge in [-0.2, -0.15) is 0 Å². The van der Waals surface area contributed by atoms with Crippen molar-refractivity contribution in [3.8, 4) is 0 Å². The lowest BCUT2D eigenvalue weighted by Crippen LogP contribution is -2.37. The molecule has 0 saturated heterocycles. The summed E-state index contributed by atoms with van der Waals surface area (Å²) in [5.41, 5.74) is 0. The van der Waals surface area contributed by atoms with E-state index in [4.69, 9.17) is 4.74 Å². The molecule has 2 aliphatic carbocycles. The van der Waals surface area contributed by atoms with Crippen molar-refractivity contribution in [1.82, 2.24) is 5.32 Å². The largest absolute Gasteiger partial charge is 0.496 e. The van der Waals surface area contributed by atoms with E-state index in [-0.39, 0.29) is 0 Å². The molecule has 0 aromatic rings. The third kappa shape index (κ3) is 1.80. The van der Waals surface area contributed by atoms with Gasteiger partial charge in [0.25, 0.3) is 0 Å². The van der Waals surface area contributed by atoms with E-state index in [2.05, 4.69) is 18.3 Å². The summed E-state index contributed by atoms with van der Waals surface area (Å²) in [6.45, 7) is 4.15. The zero-order valence-electron chi connectivity index (χ0n) is 9.54. The fourth-order valence-electron chi connectivity index (χ4n) is 3.41. The average Bonchev–Trinajstić information content (AvgIpc) is 2.75. The van der Waals surface area contributed by atoms with E-state index in [1.54, 1.807) is 0 Å². The van der Waals surface area contributed by atoms with Gasteiger partial charge in [0.2, 0.25) is 0 Å². The second-order valence-electron chi connectivity index (χ2n) is 5.27. The van der Waals surface area contributed by atoms with Gasteiger partial charge in [-0.05, 0) is 49.6 Å². The lowest BCUT2D eigenvalue weighted by atomic mass is 9.93. The molecule has 2 heteroatoms. The monoisotopic (exact) mass is 207 g/mol. The summed E-state index contributed by atoms with van der Waals surface area (Å²) in [6, 6.07) is 0.519. The topological polar surface area (TPSA) is 21.3 Å². The Morgan fingerprint density at radius 3 is 2.80 bits per heavy atom. The molecule has 15 heavy (non-hydrogen) atoms. The predicted octanol–water partition coefficient (Wildman–Crippen LogP) is 2.31. The molecular formula is C13H21NO. The second-order valence-corrected chi connectivity index (χ2v) is 5.27. The van der Waals surface area contributed by atoms with Gasteiger partial charge < -0.3 is 10.1 Å². The van der Waals surface area contributed by atoms with Crippen molar-refractivity contribution in [2.75, 3.05) is 13.2 Å². The first-order valence-electron chi connectivity index (χ1n) is 6.44. The maximum absolute atomic E-state index is 5.73. The van der Waals surface area contributed by atoms with Crippen molar-refractivity contribution < 1.29 is 4.74 Å². The fourth-order valence-corrected chi connectivity index (χ4v) is 3.41. The smallest absolute Gasteiger partial charge is 0.109 e. The summed E-state index contributed by atoms with van der Waals surface area (Å²) in [4.78, 5) is 0. The van der Waals surface area contributed by atoms with Crippen molar-refractivity contribution in [1.29, 1.82) is 0 Å². The van der Waals surface area contributed by atoms with Crippen molar-refractivity contribution >= 4 is 0 Å². The molecule has 0 bridgehead atoms. The predicted molar refractivity (Wildman–Crippen MR) is 60.4 cm³/mol. The van der Waals surface area contributed by atoms with E-state index in [0.29, 0.717) is 6.04 Å². The van der Waals surface area contributed by atoms with Gasteiger partial charge in [-0.3, -0.25) is 0 Å². The molecule has 0 aromatic heterocycles. The number of rotatable bonds is 4. The van der Waals surface area contributed by atoms with E-state index in [9.17, 15) is 0 Å². The van der Waals surface area contributed by atoms with Crippen LogP contribution >= 0.6 is 0 Å². The van der Waals surface area contributed by atoms with Gasteiger partial charge in [-0.15, -0.1) is 0 Å². The second kappa shape index (κ2) is 3.82. The molecule has 0 spiro atoms. The van der Waals surface area contributed by atoms with Gasteiger partial charge in [0.1, 0.15) is 5.76 Å². The zero-order valence-corrected chi connectivity index (χ0v) is 9.54. The minimum atomic E-state index is 0.519. The average molecular weight is 207 g/mol. The van der Waals surface area contributed by atoms with Crippen LogP contribution in [0.5, 0.6) is 0 Å². The molecular weight excluding hydrogens is 186 g/mol. The summed E-state index contributed by atoms with van der Waals surface area (Å²) in [5.74, 6) is 4.22. The maximum Gasteiger partial charge on any atom is 0.109 e. The minimum Gasteiger partial charge on any atom is -0.496 e. The van der Waals surface area contributed by atoms with Crippen LogP contribution in [-0.4, -0.2) is 19.2 Å². The molecule has 0 radical (unpaired) electrons. The Kier molecular flexibility index (Phi) is 2.47. The number of ether oxygens (including phenoxy) is 1. The lowest BCUT2D eigenvalue weighted by Gasteiger charge is -2.26. The highest BCUT2D eigenvalue weighted by Crippen LogP contribution is 2.55. The molecule has 3 rings (SSSR count). The summed E-state index contributed by atoms with van der Waals surface area (Å²) >= 11 is 0. The quantitative estimate of drug-likeness (QED) is 0.764. The minimum absolute atomic E-state index is 0.519. The molecule has 3 unspecified atom stereocenters. The molecule has 84 valence electrons. The normalized spacial score (nSPS) is 39.5. The number of fused-ring (bicyclic) bond motifs is 1. The Balaban J connectivity index is 1.66. The van der Waals surface area contributed by atoms with Crippen molar-refractivity contribution in [3.63, 3.8) is 0 Å². The van der Waals surface area contributed by atoms with Crippen molar-refractivity contribution in [2.24, 2.45) is 17.8 Å². The van der Waals surface area contributed by atoms with Crippen LogP contribution < -0.4 is 5.32 Å². The molecule has 1 N–H and O–H groups in total. The first-order chi connectivity index (χ1) is 7.38. The van der Waals surface area contributed by atoms with Gasteiger partial charge >= 0.3 is 0 Å². The third-order valence-electron chi connectivity index (χ3n) is 4.21. The number of hydrogen-bond acceptors (Lipinski definition) is 2. The first kappa shape index (κ1) is 9.71. The van der Waals surface area contributed by atoms with Crippen LogP contribution in [0.2, 0.25) is 0 Å². The van der Waals surface area contributed by atoms with Crippen LogP contribution in [0.3, 0.4) is 0 Å². The van der Waals surface area contributed by atoms with Crippen molar-refractivity contribution in [3.05, 3.63) is 11.8 Å². The van der Waals surface area contributed by atoms with Gasteiger partial charge in [-0.1, -0.05) is 6.92 Å². The Bertz CT molecular complexity index is 264. The molecule has 3 aliphatic rings. The molecule has 2 fully saturated rings. The molecule has 2 saturated carbocycles. The highest BCUT2D eigenvalue weighted by molar-refractivity contribution is 5.12. The Morgan fingerprint density at radius 1 is 1.40 bits per heavy atom. The van der Waals surface area contributed by atoms with Crippen LogP contribution in [-0.2, 0) is 4.74 Å². The number of likely N-dealkylation sites (N-methyl/N-ethyl adjacent to an activating group) is 1. The SMILES string of the molecule is CCNC(C1=CCCO1)C1CC2CC2C1.